The molecule has 0 unspecified atom stereocenters. The molecule has 2 nitrogen and oxygen atoms in total. The van der Waals surface area contributed by atoms with E-state index in [-0.39, 0.29) is 23.0 Å². The third-order valence-electron chi connectivity index (χ3n) is 3.14. The Bertz CT molecular complexity index is 382. The Morgan fingerprint density at radius 1 is 1.41 bits per heavy atom. The fraction of sp³-hybridized carbons (Fsp3) is 0.538. The van der Waals surface area contributed by atoms with E-state index in [9.17, 15) is 9.50 Å². The van der Waals surface area contributed by atoms with E-state index in [0.717, 1.165) is 18.5 Å². The summed E-state index contributed by atoms with van der Waals surface area (Å²) in [5.41, 5.74) is 0.751. The van der Waals surface area contributed by atoms with Gasteiger partial charge in [-0.3, -0.25) is 4.90 Å². The summed E-state index contributed by atoms with van der Waals surface area (Å²) in [4.78, 5) is 2.07. The number of aliphatic hydroxyl groups excluding tert-OH is 1. The minimum atomic E-state index is -0.389. The molecule has 1 N–H and O–H groups in total. The molecule has 0 amide bonds. The fourth-order valence-corrected chi connectivity index (χ4v) is 1.62. The topological polar surface area (TPSA) is 23.5 Å². The second kappa shape index (κ2) is 5.80. The molecule has 0 aromatic heterocycles. The lowest BCUT2D eigenvalue weighted by atomic mass is 10.0. The SMILES string of the molecule is CN(CCc1ccc(F)c(Cl)c1)C(C)(C)CO. The molecular formula is C13H19ClFNO. The summed E-state index contributed by atoms with van der Waals surface area (Å²) in [6.07, 6.45) is 0.778. The summed E-state index contributed by atoms with van der Waals surface area (Å²) in [6.45, 7) is 4.85. The van der Waals surface area contributed by atoms with E-state index >= 15 is 0 Å². The lowest BCUT2D eigenvalue weighted by Gasteiger charge is -2.33. The molecule has 0 spiro atoms. The lowest BCUT2D eigenvalue weighted by molar-refractivity contribution is 0.0801. The van der Waals surface area contributed by atoms with E-state index in [0.29, 0.717) is 0 Å². The van der Waals surface area contributed by atoms with Gasteiger partial charge in [0.05, 0.1) is 11.6 Å². The van der Waals surface area contributed by atoms with E-state index in [1.165, 1.54) is 6.07 Å². The highest BCUT2D eigenvalue weighted by Crippen LogP contribution is 2.17. The van der Waals surface area contributed by atoms with Crippen molar-refractivity contribution in [1.29, 1.82) is 0 Å². The Morgan fingerprint density at radius 2 is 2.06 bits per heavy atom. The highest BCUT2D eigenvalue weighted by molar-refractivity contribution is 6.30. The molecule has 1 aromatic rings. The van der Waals surface area contributed by atoms with Crippen molar-refractivity contribution in [3.63, 3.8) is 0 Å². The van der Waals surface area contributed by atoms with Crippen LogP contribution in [-0.2, 0) is 6.42 Å². The Kier molecular flexibility index (Phi) is 4.92. The second-order valence-electron chi connectivity index (χ2n) is 4.89. The number of halogens is 2. The van der Waals surface area contributed by atoms with Crippen LogP contribution in [0.3, 0.4) is 0 Å². The first-order valence-electron chi connectivity index (χ1n) is 5.63. The molecule has 0 aliphatic carbocycles. The van der Waals surface area contributed by atoms with Crippen molar-refractivity contribution < 1.29 is 9.50 Å². The van der Waals surface area contributed by atoms with E-state index in [1.54, 1.807) is 12.1 Å². The lowest BCUT2D eigenvalue weighted by Crippen LogP contribution is -2.45. The summed E-state index contributed by atoms with van der Waals surface area (Å²) >= 11 is 5.72. The first-order valence-corrected chi connectivity index (χ1v) is 6.00. The molecule has 0 radical (unpaired) electrons. The van der Waals surface area contributed by atoms with Crippen LogP contribution in [0.15, 0.2) is 18.2 Å². The van der Waals surface area contributed by atoms with Crippen LogP contribution in [0.2, 0.25) is 5.02 Å². The van der Waals surface area contributed by atoms with Crippen molar-refractivity contribution in [1.82, 2.24) is 4.90 Å². The van der Waals surface area contributed by atoms with Gasteiger partial charge >= 0.3 is 0 Å². The van der Waals surface area contributed by atoms with Crippen molar-refractivity contribution >= 4 is 11.6 Å². The van der Waals surface area contributed by atoms with Crippen molar-refractivity contribution in [2.24, 2.45) is 0 Å². The maximum atomic E-state index is 13.0. The summed E-state index contributed by atoms with van der Waals surface area (Å²) in [7, 11) is 1.96. The molecule has 0 saturated heterocycles. The van der Waals surface area contributed by atoms with Gasteiger partial charge < -0.3 is 5.11 Å². The first kappa shape index (κ1) is 14.4. The van der Waals surface area contributed by atoms with Gasteiger partial charge in [0.1, 0.15) is 5.82 Å². The summed E-state index contributed by atoms with van der Waals surface area (Å²) in [5.74, 6) is -0.389. The van der Waals surface area contributed by atoms with E-state index < -0.39 is 0 Å². The number of aliphatic hydroxyl groups is 1. The summed E-state index contributed by atoms with van der Waals surface area (Å²) in [5, 5.41) is 9.39. The largest absolute Gasteiger partial charge is 0.394 e. The molecular weight excluding hydrogens is 241 g/mol. The van der Waals surface area contributed by atoms with Gasteiger partial charge in [-0.25, -0.2) is 4.39 Å². The van der Waals surface area contributed by atoms with Crippen LogP contribution in [-0.4, -0.2) is 35.7 Å². The molecule has 0 bridgehead atoms. The predicted octanol–water partition coefficient (Wildman–Crippen LogP) is 2.72. The Hall–Kier alpha value is -0.640. The zero-order valence-electron chi connectivity index (χ0n) is 10.5. The molecule has 0 aliphatic rings. The third kappa shape index (κ3) is 3.95. The minimum Gasteiger partial charge on any atom is -0.394 e. The van der Waals surface area contributed by atoms with Crippen LogP contribution in [0.25, 0.3) is 0 Å². The predicted molar refractivity (Wildman–Crippen MR) is 68.9 cm³/mol. The monoisotopic (exact) mass is 259 g/mol. The molecule has 1 rings (SSSR count). The van der Waals surface area contributed by atoms with Gasteiger partial charge in [0.2, 0.25) is 0 Å². The zero-order chi connectivity index (χ0) is 13.1. The number of likely N-dealkylation sites (N-methyl/N-ethyl adjacent to an activating group) is 1. The molecule has 1 aromatic carbocycles. The van der Waals surface area contributed by atoms with E-state index in [2.05, 4.69) is 4.90 Å². The zero-order valence-corrected chi connectivity index (χ0v) is 11.3. The molecule has 0 aliphatic heterocycles. The second-order valence-corrected chi connectivity index (χ2v) is 5.30. The molecule has 4 heteroatoms. The van der Waals surface area contributed by atoms with E-state index in [1.807, 2.05) is 20.9 Å². The maximum absolute atomic E-state index is 13.0. The molecule has 96 valence electrons. The van der Waals surface area contributed by atoms with Gasteiger partial charge in [-0.2, -0.15) is 0 Å². The smallest absolute Gasteiger partial charge is 0.141 e. The van der Waals surface area contributed by atoms with Gasteiger partial charge in [0.25, 0.3) is 0 Å². The van der Waals surface area contributed by atoms with Crippen LogP contribution in [0.1, 0.15) is 19.4 Å². The van der Waals surface area contributed by atoms with Crippen LogP contribution < -0.4 is 0 Å². The summed E-state index contributed by atoms with van der Waals surface area (Å²) < 4.78 is 13.0. The van der Waals surface area contributed by atoms with Gasteiger partial charge in [0, 0.05) is 12.1 Å². The number of nitrogens with zero attached hydrogens (tertiary/aromatic N) is 1. The Morgan fingerprint density at radius 3 is 2.59 bits per heavy atom. The number of hydrogen-bond acceptors (Lipinski definition) is 2. The standard InChI is InChI=1S/C13H19ClFNO/c1-13(2,9-17)16(3)7-6-10-4-5-12(15)11(14)8-10/h4-5,8,17H,6-7,9H2,1-3H3. The molecule has 0 fully saturated rings. The third-order valence-corrected chi connectivity index (χ3v) is 3.43. The minimum absolute atomic E-state index is 0.105. The highest BCUT2D eigenvalue weighted by atomic mass is 35.5. The fourth-order valence-electron chi connectivity index (χ4n) is 1.42. The Labute approximate surface area is 107 Å². The van der Waals surface area contributed by atoms with Crippen molar-refractivity contribution in [3.05, 3.63) is 34.6 Å². The van der Waals surface area contributed by atoms with Gasteiger partial charge in [-0.05, 0) is 45.0 Å². The van der Waals surface area contributed by atoms with Crippen molar-refractivity contribution in [2.45, 2.75) is 25.8 Å². The van der Waals surface area contributed by atoms with Crippen LogP contribution in [0, 0.1) is 5.82 Å². The molecule has 0 heterocycles. The molecule has 17 heavy (non-hydrogen) atoms. The van der Waals surface area contributed by atoms with E-state index in [4.69, 9.17) is 11.6 Å². The number of benzene rings is 1. The maximum Gasteiger partial charge on any atom is 0.141 e. The van der Waals surface area contributed by atoms with Crippen molar-refractivity contribution in [2.75, 3.05) is 20.2 Å². The average molecular weight is 260 g/mol. The van der Waals surface area contributed by atoms with Crippen LogP contribution in [0.4, 0.5) is 4.39 Å². The highest BCUT2D eigenvalue weighted by Gasteiger charge is 2.21. The van der Waals surface area contributed by atoms with Crippen LogP contribution >= 0.6 is 11.6 Å². The van der Waals surface area contributed by atoms with Gasteiger partial charge in [-0.15, -0.1) is 0 Å². The summed E-state index contributed by atoms with van der Waals surface area (Å²) in [6, 6.07) is 4.77. The average Bonchev–Trinajstić information content (AvgIpc) is 2.30. The molecule has 0 saturated carbocycles. The number of rotatable bonds is 5. The Balaban J connectivity index is 2.59. The molecule has 0 atom stereocenters. The van der Waals surface area contributed by atoms with Gasteiger partial charge in [0.15, 0.2) is 0 Å². The normalized spacial score (nSPS) is 12.2. The van der Waals surface area contributed by atoms with Crippen molar-refractivity contribution in [3.8, 4) is 0 Å². The quantitative estimate of drug-likeness (QED) is 0.879. The first-order chi connectivity index (χ1) is 7.86. The number of hydrogen-bond donors (Lipinski definition) is 1. The van der Waals surface area contributed by atoms with Crippen LogP contribution in [0.5, 0.6) is 0 Å². The van der Waals surface area contributed by atoms with Gasteiger partial charge in [-0.1, -0.05) is 17.7 Å².